The molecule has 0 bridgehead atoms. The maximum Gasteiger partial charge on any atom is 0.0366 e. The smallest absolute Gasteiger partial charge is 0.0366 e. The third kappa shape index (κ3) is 3.56. The van der Waals surface area contributed by atoms with Crippen LogP contribution in [0.4, 0.5) is 0 Å². The topological polar surface area (TPSA) is 24.9 Å². The lowest BCUT2D eigenvalue weighted by Crippen LogP contribution is -2.32. The first-order valence-corrected chi connectivity index (χ1v) is 7.90. The highest BCUT2D eigenvalue weighted by Crippen LogP contribution is 2.38. The molecule has 2 heteroatoms. The molecule has 1 aromatic heterocycles. The van der Waals surface area contributed by atoms with Crippen molar-refractivity contribution in [1.82, 2.24) is 10.3 Å². The second-order valence-corrected chi connectivity index (χ2v) is 5.97. The summed E-state index contributed by atoms with van der Waals surface area (Å²) in [6, 6.07) is 2.63. The fourth-order valence-electron chi connectivity index (χ4n) is 3.56. The quantitative estimate of drug-likeness (QED) is 0.855. The Bertz CT molecular complexity index is 389. The fraction of sp³-hybridized carbons (Fsp3) is 0.706. The average molecular weight is 260 g/mol. The van der Waals surface area contributed by atoms with Crippen LogP contribution in [0.1, 0.15) is 63.1 Å². The first kappa shape index (κ1) is 14.5. The molecule has 1 N–H and O–H groups in total. The second kappa shape index (κ2) is 7.04. The van der Waals surface area contributed by atoms with Gasteiger partial charge in [0.15, 0.2) is 0 Å². The molecular formula is C17H28N2. The van der Waals surface area contributed by atoms with Crippen molar-refractivity contribution < 1.29 is 0 Å². The van der Waals surface area contributed by atoms with Crippen LogP contribution in [0.5, 0.6) is 0 Å². The van der Waals surface area contributed by atoms with Crippen molar-refractivity contribution >= 4 is 0 Å². The van der Waals surface area contributed by atoms with Gasteiger partial charge < -0.3 is 5.32 Å². The van der Waals surface area contributed by atoms with Crippen LogP contribution in [0, 0.1) is 18.8 Å². The maximum absolute atomic E-state index is 4.34. The molecule has 3 unspecified atom stereocenters. The molecule has 0 aromatic carbocycles. The summed E-state index contributed by atoms with van der Waals surface area (Å²) in [5.74, 6) is 1.71. The first-order chi connectivity index (χ1) is 9.26. The van der Waals surface area contributed by atoms with Crippen molar-refractivity contribution in [2.24, 2.45) is 11.8 Å². The highest BCUT2D eigenvalue weighted by atomic mass is 14.9. The summed E-state index contributed by atoms with van der Waals surface area (Å²) in [7, 11) is 0. The highest BCUT2D eigenvalue weighted by Gasteiger charge is 2.29. The summed E-state index contributed by atoms with van der Waals surface area (Å²) in [5.41, 5.74) is 2.78. The van der Waals surface area contributed by atoms with Crippen LogP contribution in [0.15, 0.2) is 18.5 Å². The Labute approximate surface area is 118 Å². The van der Waals surface area contributed by atoms with E-state index in [0.717, 1.165) is 18.4 Å². The number of rotatable bonds is 5. The average Bonchev–Trinajstić information content (AvgIpc) is 2.46. The minimum absolute atomic E-state index is 0.494. The van der Waals surface area contributed by atoms with E-state index in [4.69, 9.17) is 0 Å². The second-order valence-electron chi connectivity index (χ2n) is 5.97. The van der Waals surface area contributed by atoms with Crippen molar-refractivity contribution in [2.45, 2.75) is 58.9 Å². The van der Waals surface area contributed by atoms with Gasteiger partial charge in [-0.1, -0.05) is 33.1 Å². The molecule has 1 fully saturated rings. The third-order valence-electron chi connectivity index (χ3n) is 4.71. The van der Waals surface area contributed by atoms with E-state index in [2.05, 4.69) is 43.3 Å². The Hall–Kier alpha value is -0.890. The number of pyridine rings is 1. The van der Waals surface area contributed by atoms with Crippen LogP contribution >= 0.6 is 0 Å². The molecule has 0 saturated heterocycles. The van der Waals surface area contributed by atoms with E-state index in [-0.39, 0.29) is 0 Å². The van der Waals surface area contributed by atoms with Gasteiger partial charge in [-0.3, -0.25) is 4.98 Å². The van der Waals surface area contributed by atoms with E-state index >= 15 is 0 Å². The van der Waals surface area contributed by atoms with Crippen LogP contribution in [0.2, 0.25) is 0 Å². The number of aromatic nitrogens is 1. The van der Waals surface area contributed by atoms with E-state index < -0.39 is 0 Å². The molecule has 0 aliphatic heterocycles. The van der Waals surface area contributed by atoms with Gasteiger partial charge in [-0.05, 0) is 55.3 Å². The summed E-state index contributed by atoms with van der Waals surface area (Å²) >= 11 is 0. The molecule has 0 spiro atoms. The maximum atomic E-state index is 4.34. The molecule has 1 aliphatic rings. The monoisotopic (exact) mass is 260 g/mol. The van der Waals surface area contributed by atoms with E-state index in [1.807, 2.05) is 6.20 Å². The van der Waals surface area contributed by atoms with Crippen molar-refractivity contribution in [2.75, 3.05) is 6.54 Å². The van der Waals surface area contributed by atoms with E-state index in [1.54, 1.807) is 0 Å². The summed E-state index contributed by atoms with van der Waals surface area (Å²) in [4.78, 5) is 4.34. The number of nitrogens with zero attached hydrogens (tertiary/aromatic N) is 1. The zero-order valence-corrected chi connectivity index (χ0v) is 12.7. The van der Waals surface area contributed by atoms with Gasteiger partial charge in [-0.15, -0.1) is 0 Å². The minimum Gasteiger partial charge on any atom is -0.310 e. The van der Waals surface area contributed by atoms with Crippen molar-refractivity contribution in [3.8, 4) is 0 Å². The van der Waals surface area contributed by atoms with Crippen LogP contribution in [0.3, 0.4) is 0 Å². The normalized spacial score (nSPS) is 25.2. The molecule has 0 amide bonds. The number of aryl methyl sites for hydroxylation is 1. The van der Waals surface area contributed by atoms with Crippen molar-refractivity contribution in [3.05, 3.63) is 29.6 Å². The summed E-state index contributed by atoms with van der Waals surface area (Å²) in [6.07, 6.45) is 10.9. The standard InChI is InChI=1S/C17H28N2/c1-4-14-7-6-8-15(11-14)17(19-5-2)16-12-18-10-9-13(16)3/h9-10,12,14-15,17,19H,4-8,11H2,1-3H3. The van der Waals surface area contributed by atoms with Gasteiger partial charge in [0.1, 0.15) is 0 Å². The SMILES string of the molecule is CCNC(c1cnccc1C)C1CCCC(CC)C1. The predicted molar refractivity (Wildman–Crippen MR) is 81.1 cm³/mol. The Balaban J connectivity index is 2.17. The number of nitrogens with one attached hydrogen (secondary N) is 1. The zero-order chi connectivity index (χ0) is 13.7. The molecule has 3 atom stereocenters. The molecule has 2 rings (SSSR count). The zero-order valence-electron chi connectivity index (χ0n) is 12.7. The molecule has 1 saturated carbocycles. The number of hydrogen-bond acceptors (Lipinski definition) is 2. The molecule has 1 aromatic rings. The highest BCUT2D eigenvalue weighted by molar-refractivity contribution is 5.26. The first-order valence-electron chi connectivity index (χ1n) is 7.90. The molecule has 0 radical (unpaired) electrons. The van der Waals surface area contributed by atoms with Crippen LogP contribution < -0.4 is 5.32 Å². The van der Waals surface area contributed by atoms with Crippen LogP contribution in [-0.4, -0.2) is 11.5 Å². The van der Waals surface area contributed by atoms with Gasteiger partial charge in [0.05, 0.1) is 0 Å². The summed E-state index contributed by atoms with van der Waals surface area (Å²) in [6.45, 7) is 7.79. The van der Waals surface area contributed by atoms with Gasteiger partial charge in [-0.25, -0.2) is 0 Å². The van der Waals surface area contributed by atoms with Crippen LogP contribution in [-0.2, 0) is 0 Å². The lowest BCUT2D eigenvalue weighted by atomic mass is 9.75. The van der Waals surface area contributed by atoms with Gasteiger partial charge >= 0.3 is 0 Å². The predicted octanol–water partition coefficient (Wildman–Crippen LogP) is 4.26. The summed E-state index contributed by atoms with van der Waals surface area (Å²) < 4.78 is 0. The van der Waals surface area contributed by atoms with Gasteiger partial charge in [0.25, 0.3) is 0 Å². The Kier molecular flexibility index (Phi) is 5.38. The molecule has 106 valence electrons. The lowest BCUT2D eigenvalue weighted by Gasteiger charge is -2.35. The van der Waals surface area contributed by atoms with E-state index in [1.165, 1.54) is 43.2 Å². The fourth-order valence-corrected chi connectivity index (χ4v) is 3.56. The third-order valence-corrected chi connectivity index (χ3v) is 4.71. The Morgan fingerprint density at radius 2 is 2.21 bits per heavy atom. The lowest BCUT2D eigenvalue weighted by molar-refractivity contribution is 0.210. The largest absolute Gasteiger partial charge is 0.310 e. The van der Waals surface area contributed by atoms with Crippen molar-refractivity contribution in [1.29, 1.82) is 0 Å². The minimum atomic E-state index is 0.494. The van der Waals surface area contributed by atoms with Gasteiger partial charge in [0.2, 0.25) is 0 Å². The van der Waals surface area contributed by atoms with Crippen LogP contribution in [0.25, 0.3) is 0 Å². The Morgan fingerprint density at radius 1 is 1.37 bits per heavy atom. The summed E-state index contributed by atoms with van der Waals surface area (Å²) in [5, 5.41) is 3.71. The van der Waals surface area contributed by atoms with E-state index in [0.29, 0.717) is 6.04 Å². The molecule has 19 heavy (non-hydrogen) atoms. The van der Waals surface area contributed by atoms with Crippen molar-refractivity contribution in [3.63, 3.8) is 0 Å². The molecule has 1 aliphatic carbocycles. The van der Waals surface area contributed by atoms with Gasteiger partial charge in [0, 0.05) is 18.4 Å². The van der Waals surface area contributed by atoms with Gasteiger partial charge in [-0.2, -0.15) is 0 Å². The number of hydrogen-bond donors (Lipinski definition) is 1. The molecular weight excluding hydrogens is 232 g/mol. The molecule has 2 nitrogen and oxygen atoms in total. The Morgan fingerprint density at radius 3 is 2.89 bits per heavy atom. The molecule has 1 heterocycles. The van der Waals surface area contributed by atoms with E-state index in [9.17, 15) is 0 Å².